The normalized spacial score (nSPS) is 15.2. The van der Waals surface area contributed by atoms with E-state index in [1.54, 1.807) is 77.3 Å². The number of aryl methyl sites for hydroxylation is 1. The molecule has 5 rings (SSSR count). The number of nitrogens with one attached hydrogen (secondary N) is 1. The number of ketones is 1. The highest BCUT2D eigenvalue weighted by Gasteiger charge is 2.30. The fraction of sp³-hybridized carbons (Fsp3) is 0.486. The summed E-state index contributed by atoms with van der Waals surface area (Å²) in [4.78, 5) is 73.5. The monoisotopic (exact) mass is 673 g/mol. The molecule has 1 atom stereocenters. The number of nitrogens with zero attached hydrogens (tertiary/aromatic N) is 6. The summed E-state index contributed by atoms with van der Waals surface area (Å²) in [6, 6.07) is 6.31. The fourth-order valence-corrected chi connectivity index (χ4v) is 5.91. The number of amides is 1. The van der Waals surface area contributed by atoms with Gasteiger partial charge in [0.15, 0.2) is 16.9 Å². The Hall–Kier alpha value is -5.32. The van der Waals surface area contributed by atoms with Gasteiger partial charge in [0, 0.05) is 43.3 Å². The molecule has 14 heteroatoms. The van der Waals surface area contributed by atoms with Gasteiger partial charge in [-0.1, -0.05) is 18.1 Å². The lowest BCUT2D eigenvalue weighted by atomic mass is 10.1. The number of Topliss-reactive ketones (excluding diaryl/α,β-unsaturated/α-hetero) is 1. The Morgan fingerprint density at radius 1 is 1.02 bits per heavy atom. The number of imidazole rings is 1. The van der Waals surface area contributed by atoms with Gasteiger partial charge in [0.2, 0.25) is 5.95 Å². The minimum Gasteiger partial charge on any atom is -0.444 e. The number of rotatable bonds is 6. The van der Waals surface area contributed by atoms with Gasteiger partial charge in [-0.2, -0.15) is 4.98 Å². The summed E-state index contributed by atoms with van der Waals surface area (Å²) >= 11 is 0. The van der Waals surface area contributed by atoms with E-state index >= 15 is 0 Å². The number of fused-ring (bicyclic) bond motifs is 2. The largest absolute Gasteiger partial charge is 0.444 e. The molecule has 0 saturated carbocycles. The van der Waals surface area contributed by atoms with Gasteiger partial charge >= 0.3 is 17.9 Å². The first kappa shape index (κ1) is 35.0. The molecule has 14 nitrogen and oxygen atoms in total. The van der Waals surface area contributed by atoms with Gasteiger partial charge < -0.3 is 19.7 Å². The molecule has 1 aliphatic rings. The minimum absolute atomic E-state index is 0.113. The van der Waals surface area contributed by atoms with E-state index in [4.69, 9.17) is 14.5 Å². The SMILES string of the molecule is CC#CCn1c(N2CCCC(NC(=O)OC(C)(C)C)C2)nc2c1c(=O)n(CC(=O)c1cccc3c1ccn3C(=O)OC(C)(C)C)c(=O)n2C. The lowest BCUT2D eigenvalue weighted by Crippen LogP contribution is -2.49. The van der Waals surface area contributed by atoms with E-state index in [9.17, 15) is 24.0 Å². The molecule has 1 aliphatic heterocycles. The second kappa shape index (κ2) is 13.3. The molecule has 1 N–H and O–H groups in total. The highest BCUT2D eigenvalue weighted by Crippen LogP contribution is 2.25. The summed E-state index contributed by atoms with van der Waals surface area (Å²) in [6.07, 6.45) is 1.88. The number of anilines is 1. The molecular formula is C35H43N7O7. The molecule has 0 aliphatic carbocycles. The van der Waals surface area contributed by atoms with Crippen LogP contribution in [0.1, 0.15) is 71.7 Å². The maximum absolute atomic E-state index is 14.1. The molecule has 3 aromatic heterocycles. The topological polar surface area (TPSA) is 152 Å². The molecule has 1 fully saturated rings. The van der Waals surface area contributed by atoms with Crippen LogP contribution in [0.5, 0.6) is 0 Å². The zero-order chi connectivity index (χ0) is 35.8. The predicted molar refractivity (Wildman–Crippen MR) is 185 cm³/mol. The quantitative estimate of drug-likeness (QED) is 0.236. The summed E-state index contributed by atoms with van der Waals surface area (Å²) in [5.74, 6) is 5.79. The van der Waals surface area contributed by atoms with Gasteiger partial charge in [-0.05, 0) is 73.4 Å². The number of carbonyl (C=O) groups excluding carboxylic acids is 3. The summed E-state index contributed by atoms with van der Waals surface area (Å²) in [6.45, 7) is 12.9. The molecule has 49 heavy (non-hydrogen) atoms. The van der Waals surface area contributed by atoms with Crippen LogP contribution in [0.25, 0.3) is 22.1 Å². The van der Waals surface area contributed by atoms with Crippen molar-refractivity contribution in [3.05, 3.63) is 56.9 Å². The summed E-state index contributed by atoms with van der Waals surface area (Å²) < 4.78 is 16.1. The molecule has 1 aromatic carbocycles. The molecule has 0 spiro atoms. The third kappa shape index (κ3) is 7.40. The number of alkyl carbamates (subject to hydrolysis) is 1. The van der Waals surface area contributed by atoms with Crippen molar-refractivity contribution in [2.75, 3.05) is 18.0 Å². The number of carbonyl (C=O) groups is 3. The number of hydrogen-bond acceptors (Lipinski definition) is 9. The van der Waals surface area contributed by atoms with Crippen molar-refractivity contribution in [3.8, 4) is 11.8 Å². The van der Waals surface area contributed by atoms with Crippen molar-refractivity contribution in [2.45, 2.75) is 91.6 Å². The van der Waals surface area contributed by atoms with Gasteiger partial charge in [0.1, 0.15) is 11.2 Å². The molecular weight excluding hydrogens is 630 g/mol. The first-order chi connectivity index (χ1) is 23.0. The Morgan fingerprint density at radius 2 is 1.73 bits per heavy atom. The molecule has 4 heterocycles. The standard InChI is InChI=1S/C35H43N7O7/c1-9-10-18-41-27-28(37-30(41)39-17-12-13-22(20-39)36-31(45)48-34(2,3)4)38(8)32(46)42(29(27)44)21-26(43)24-14-11-15-25-23(24)16-19-40(25)33(47)49-35(5,6)7/h11,14-16,19,22H,12-13,17-18,20-21H2,1-8H3,(H,36,45). The maximum Gasteiger partial charge on any atom is 0.418 e. The van der Waals surface area contributed by atoms with Crippen molar-refractivity contribution >= 4 is 46.0 Å². The highest BCUT2D eigenvalue weighted by atomic mass is 16.6. The first-order valence-electron chi connectivity index (χ1n) is 16.2. The Morgan fingerprint density at radius 3 is 2.41 bits per heavy atom. The first-order valence-corrected chi connectivity index (χ1v) is 16.2. The summed E-state index contributed by atoms with van der Waals surface area (Å²) in [5, 5.41) is 3.41. The highest BCUT2D eigenvalue weighted by molar-refractivity contribution is 6.08. The van der Waals surface area contributed by atoms with Crippen molar-refractivity contribution in [2.24, 2.45) is 7.05 Å². The van der Waals surface area contributed by atoms with Crippen LogP contribution in [-0.2, 0) is 29.6 Å². The third-order valence-electron chi connectivity index (χ3n) is 7.98. The van der Waals surface area contributed by atoms with Gasteiger partial charge in [0.25, 0.3) is 5.56 Å². The van der Waals surface area contributed by atoms with Crippen LogP contribution in [0, 0.1) is 11.8 Å². The van der Waals surface area contributed by atoms with E-state index in [-0.39, 0.29) is 29.3 Å². The number of aromatic nitrogens is 5. The summed E-state index contributed by atoms with van der Waals surface area (Å²) in [5.41, 5.74) is -1.76. The Bertz CT molecular complexity index is 2130. The van der Waals surface area contributed by atoms with Crippen molar-refractivity contribution in [1.82, 2.24) is 28.6 Å². The molecule has 0 radical (unpaired) electrons. The number of piperidine rings is 1. The van der Waals surface area contributed by atoms with Crippen molar-refractivity contribution < 1.29 is 23.9 Å². The zero-order valence-corrected chi connectivity index (χ0v) is 29.2. The average molecular weight is 674 g/mol. The van der Waals surface area contributed by atoms with Gasteiger partial charge in [-0.15, -0.1) is 5.92 Å². The number of hydrogen-bond donors (Lipinski definition) is 1. The van der Waals surface area contributed by atoms with Gasteiger partial charge in [-0.3, -0.25) is 27.9 Å². The van der Waals surface area contributed by atoms with E-state index in [0.29, 0.717) is 29.9 Å². The van der Waals surface area contributed by atoms with Crippen LogP contribution < -0.4 is 21.5 Å². The van der Waals surface area contributed by atoms with Crippen LogP contribution in [0.3, 0.4) is 0 Å². The average Bonchev–Trinajstić information content (AvgIpc) is 3.62. The van der Waals surface area contributed by atoms with Crippen molar-refractivity contribution in [1.29, 1.82) is 0 Å². The zero-order valence-electron chi connectivity index (χ0n) is 29.2. The van der Waals surface area contributed by atoms with Crippen LogP contribution >= 0.6 is 0 Å². The minimum atomic E-state index is -0.719. The van der Waals surface area contributed by atoms with E-state index < -0.39 is 47.0 Å². The fourth-order valence-electron chi connectivity index (χ4n) is 5.91. The number of ether oxygens (including phenoxy) is 2. The Kier molecular flexibility index (Phi) is 9.50. The van der Waals surface area contributed by atoms with E-state index in [1.807, 2.05) is 4.90 Å². The van der Waals surface area contributed by atoms with Crippen LogP contribution in [0.4, 0.5) is 15.5 Å². The van der Waals surface area contributed by atoms with Crippen LogP contribution in [0.2, 0.25) is 0 Å². The predicted octanol–water partition coefficient (Wildman–Crippen LogP) is 4.03. The maximum atomic E-state index is 14.1. The van der Waals surface area contributed by atoms with Gasteiger partial charge in [0.05, 0.1) is 18.6 Å². The third-order valence-corrected chi connectivity index (χ3v) is 7.98. The lowest BCUT2D eigenvalue weighted by Gasteiger charge is -2.34. The molecule has 0 bridgehead atoms. The smallest absolute Gasteiger partial charge is 0.418 e. The molecule has 1 saturated heterocycles. The van der Waals surface area contributed by atoms with Crippen molar-refractivity contribution in [3.63, 3.8) is 0 Å². The Balaban J connectivity index is 1.51. The Labute approximate surface area is 283 Å². The summed E-state index contributed by atoms with van der Waals surface area (Å²) in [7, 11) is 1.50. The van der Waals surface area contributed by atoms with E-state index in [1.165, 1.54) is 22.4 Å². The van der Waals surface area contributed by atoms with E-state index in [2.05, 4.69) is 17.2 Å². The molecule has 1 unspecified atom stereocenters. The molecule has 4 aromatic rings. The molecule has 1 amide bonds. The second-order valence-corrected chi connectivity index (χ2v) is 14.1. The van der Waals surface area contributed by atoms with E-state index in [0.717, 1.165) is 17.4 Å². The van der Waals surface area contributed by atoms with Crippen LogP contribution in [0.15, 0.2) is 40.1 Å². The lowest BCUT2D eigenvalue weighted by molar-refractivity contribution is 0.0497. The molecule has 260 valence electrons. The van der Waals surface area contributed by atoms with Crippen LogP contribution in [-0.4, -0.2) is 71.6 Å². The van der Waals surface area contributed by atoms with Gasteiger partial charge in [-0.25, -0.2) is 14.4 Å². The number of benzene rings is 1. The second-order valence-electron chi connectivity index (χ2n) is 14.1.